The molecule has 2 rings (SSSR count). The molecule has 1 unspecified atom stereocenters. The van der Waals surface area contributed by atoms with Crippen molar-refractivity contribution in [3.05, 3.63) is 0 Å². The second-order valence-corrected chi connectivity index (χ2v) is 6.04. The second kappa shape index (κ2) is 7.64. The lowest BCUT2D eigenvalue weighted by Gasteiger charge is -2.38. The minimum absolute atomic E-state index is 0.0486. The van der Waals surface area contributed by atoms with Crippen LogP contribution in [-0.4, -0.2) is 65.2 Å². The Kier molecular flexibility index (Phi) is 5.85. The molecule has 6 nitrogen and oxygen atoms in total. The first-order valence-electron chi connectivity index (χ1n) is 8.13. The van der Waals surface area contributed by atoms with Gasteiger partial charge in [-0.25, -0.2) is 4.79 Å². The summed E-state index contributed by atoms with van der Waals surface area (Å²) >= 11 is 0. The summed E-state index contributed by atoms with van der Waals surface area (Å²) in [5, 5.41) is 12.3. The van der Waals surface area contributed by atoms with Crippen LogP contribution in [0.25, 0.3) is 0 Å². The maximum atomic E-state index is 12.9. The number of rotatable bonds is 5. The van der Waals surface area contributed by atoms with E-state index >= 15 is 0 Å². The Hall–Kier alpha value is -1.30. The molecule has 0 radical (unpaired) electrons. The molecule has 2 aliphatic heterocycles. The summed E-state index contributed by atoms with van der Waals surface area (Å²) in [4.78, 5) is 27.6. The highest BCUT2D eigenvalue weighted by molar-refractivity contribution is 5.77. The van der Waals surface area contributed by atoms with Crippen LogP contribution in [0.15, 0.2) is 0 Å². The van der Waals surface area contributed by atoms with Crippen molar-refractivity contribution in [2.24, 2.45) is 0 Å². The average molecular weight is 297 g/mol. The standard InChI is InChI=1S/C15H27N3O3/c1-2-9-17(12-5-7-16-8-6-12)15(21)18-10-3-4-13(18)11-14(19)20/h12-13,16H,2-11H2,1H3,(H,19,20). The Bertz CT molecular complexity index is 369. The monoisotopic (exact) mass is 297 g/mol. The zero-order chi connectivity index (χ0) is 15.2. The predicted octanol–water partition coefficient (Wildman–Crippen LogP) is 1.51. The maximum absolute atomic E-state index is 12.9. The van der Waals surface area contributed by atoms with Crippen LogP contribution in [0.2, 0.25) is 0 Å². The smallest absolute Gasteiger partial charge is 0.320 e. The number of urea groups is 1. The summed E-state index contributed by atoms with van der Waals surface area (Å²) in [6.45, 7) is 5.45. The van der Waals surface area contributed by atoms with Crippen molar-refractivity contribution in [3.8, 4) is 0 Å². The predicted molar refractivity (Wildman–Crippen MR) is 80.3 cm³/mol. The van der Waals surface area contributed by atoms with E-state index in [9.17, 15) is 9.59 Å². The highest BCUT2D eigenvalue weighted by Crippen LogP contribution is 2.24. The Balaban J connectivity index is 2.04. The SMILES string of the molecule is CCCN(C(=O)N1CCCC1CC(=O)O)C1CCNCC1. The van der Waals surface area contributed by atoms with Crippen molar-refractivity contribution in [1.82, 2.24) is 15.1 Å². The van der Waals surface area contributed by atoms with E-state index in [0.29, 0.717) is 12.6 Å². The molecular weight excluding hydrogens is 270 g/mol. The lowest BCUT2D eigenvalue weighted by atomic mass is 10.0. The quantitative estimate of drug-likeness (QED) is 0.807. The zero-order valence-corrected chi connectivity index (χ0v) is 12.9. The summed E-state index contributed by atoms with van der Waals surface area (Å²) in [5.41, 5.74) is 0. The molecule has 2 N–H and O–H groups in total. The van der Waals surface area contributed by atoms with Crippen molar-refractivity contribution in [2.45, 2.75) is 57.5 Å². The first-order chi connectivity index (χ1) is 10.1. The summed E-state index contributed by atoms with van der Waals surface area (Å²) < 4.78 is 0. The van der Waals surface area contributed by atoms with Crippen LogP contribution in [0.1, 0.15) is 45.4 Å². The maximum Gasteiger partial charge on any atom is 0.320 e. The number of carbonyl (C=O) groups excluding carboxylic acids is 1. The number of nitrogens with one attached hydrogen (secondary N) is 1. The van der Waals surface area contributed by atoms with Crippen LogP contribution >= 0.6 is 0 Å². The lowest BCUT2D eigenvalue weighted by Crippen LogP contribution is -2.52. The molecule has 2 fully saturated rings. The normalized spacial score (nSPS) is 23.3. The Labute approximate surface area is 126 Å². The molecule has 6 heteroatoms. The van der Waals surface area contributed by atoms with Gasteiger partial charge in [0.15, 0.2) is 0 Å². The largest absolute Gasteiger partial charge is 0.481 e. The first kappa shape index (κ1) is 16.1. The van der Waals surface area contributed by atoms with Gasteiger partial charge in [0.1, 0.15) is 0 Å². The van der Waals surface area contributed by atoms with E-state index in [1.165, 1.54) is 0 Å². The highest BCUT2D eigenvalue weighted by atomic mass is 16.4. The molecule has 0 saturated carbocycles. The number of carboxylic acids is 1. The van der Waals surface area contributed by atoms with E-state index < -0.39 is 5.97 Å². The molecule has 2 amide bonds. The molecule has 120 valence electrons. The summed E-state index contributed by atoms with van der Waals surface area (Å²) in [7, 11) is 0. The van der Waals surface area contributed by atoms with E-state index in [-0.39, 0.29) is 18.5 Å². The second-order valence-electron chi connectivity index (χ2n) is 6.04. The number of aliphatic carboxylic acids is 1. The van der Waals surface area contributed by atoms with Gasteiger partial charge in [-0.2, -0.15) is 0 Å². The average Bonchev–Trinajstić information content (AvgIpc) is 2.92. The van der Waals surface area contributed by atoms with Crippen molar-refractivity contribution >= 4 is 12.0 Å². The van der Waals surface area contributed by atoms with Crippen LogP contribution in [0, 0.1) is 0 Å². The van der Waals surface area contributed by atoms with E-state index in [2.05, 4.69) is 12.2 Å². The summed E-state index contributed by atoms with van der Waals surface area (Å²) in [5.74, 6) is -0.816. The fraction of sp³-hybridized carbons (Fsp3) is 0.867. The molecule has 2 heterocycles. The van der Waals surface area contributed by atoms with Crippen LogP contribution < -0.4 is 5.32 Å². The Morgan fingerprint density at radius 3 is 2.62 bits per heavy atom. The van der Waals surface area contributed by atoms with Crippen LogP contribution in [0.5, 0.6) is 0 Å². The molecule has 0 bridgehead atoms. The Morgan fingerprint density at radius 2 is 2.00 bits per heavy atom. The van der Waals surface area contributed by atoms with Crippen LogP contribution in [-0.2, 0) is 4.79 Å². The van der Waals surface area contributed by atoms with E-state index in [1.807, 2.05) is 4.90 Å². The molecule has 21 heavy (non-hydrogen) atoms. The Morgan fingerprint density at radius 1 is 1.29 bits per heavy atom. The lowest BCUT2D eigenvalue weighted by molar-refractivity contribution is -0.138. The third-order valence-electron chi connectivity index (χ3n) is 4.49. The molecule has 0 aromatic carbocycles. The third kappa shape index (κ3) is 4.09. The number of carbonyl (C=O) groups is 2. The number of hydrogen-bond acceptors (Lipinski definition) is 3. The number of nitrogens with zero attached hydrogens (tertiary/aromatic N) is 2. The van der Waals surface area contributed by atoms with Crippen LogP contribution in [0.3, 0.4) is 0 Å². The van der Waals surface area contributed by atoms with Gasteiger partial charge in [0.05, 0.1) is 6.42 Å². The molecule has 1 atom stereocenters. The number of hydrogen-bond donors (Lipinski definition) is 2. The van der Waals surface area contributed by atoms with Gasteiger partial charge in [-0.3, -0.25) is 4.79 Å². The number of likely N-dealkylation sites (tertiary alicyclic amines) is 1. The van der Waals surface area contributed by atoms with Gasteiger partial charge in [-0.15, -0.1) is 0 Å². The number of amides is 2. The minimum atomic E-state index is -0.816. The third-order valence-corrected chi connectivity index (χ3v) is 4.49. The summed E-state index contributed by atoms with van der Waals surface area (Å²) in [6.07, 6.45) is 4.71. The topological polar surface area (TPSA) is 72.9 Å². The molecule has 2 saturated heterocycles. The zero-order valence-electron chi connectivity index (χ0n) is 12.9. The van der Waals surface area contributed by atoms with Crippen LogP contribution in [0.4, 0.5) is 4.79 Å². The van der Waals surface area contributed by atoms with E-state index in [0.717, 1.165) is 51.7 Å². The first-order valence-corrected chi connectivity index (χ1v) is 8.13. The van der Waals surface area contributed by atoms with Gasteiger partial charge in [-0.05, 0) is 45.2 Å². The van der Waals surface area contributed by atoms with Crippen molar-refractivity contribution in [1.29, 1.82) is 0 Å². The molecule has 0 spiro atoms. The van der Waals surface area contributed by atoms with Crippen molar-refractivity contribution < 1.29 is 14.7 Å². The summed E-state index contributed by atoms with van der Waals surface area (Å²) in [6, 6.07) is 0.216. The van der Waals surface area contributed by atoms with Gasteiger partial charge >= 0.3 is 12.0 Å². The number of carboxylic acid groups (broad SMARTS) is 1. The van der Waals surface area contributed by atoms with Gasteiger partial charge < -0.3 is 20.2 Å². The fourth-order valence-corrected chi connectivity index (χ4v) is 3.46. The van der Waals surface area contributed by atoms with E-state index in [1.54, 1.807) is 4.90 Å². The van der Waals surface area contributed by atoms with Gasteiger partial charge in [-0.1, -0.05) is 6.92 Å². The minimum Gasteiger partial charge on any atom is -0.481 e. The van der Waals surface area contributed by atoms with Gasteiger partial charge in [0, 0.05) is 25.2 Å². The molecule has 0 aromatic heterocycles. The number of piperidine rings is 1. The van der Waals surface area contributed by atoms with Gasteiger partial charge in [0.2, 0.25) is 0 Å². The van der Waals surface area contributed by atoms with Crippen molar-refractivity contribution in [3.63, 3.8) is 0 Å². The van der Waals surface area contributed by atoms with Crippen molar-refractivity contribution in [2.75, 3.05) is 26.2 Å². The van der Waals surface area contributed by atoms with E-state index in [4.69, 9.17) is 5.11 Å². The molecule has 0 aromatic rings. The molecule has 2 aliphatic rings. The molecular formula is C15H27N3O3. The highest BCUT2D eigenvalue weighted by Gasteiger charge is 2.35. The fourth-order valence-electron chi connectivity index (χ4n) is 3.46. The molecule has 0 aliphatic carbocycles. The van der Waals surface area contributed by atoms with Gasteiger partial charge in [0.25, 0.3) is 0 Å².